The Morgan fingerprint density at radius 2 is 1.90 bits per heavy atom. The van der Waals surface area contributed by atoms with E-state index in [1.54, 1.807) is 0 Å². The monoisotopic (exact) mass is 300 g/mol. The number of amides is 1. The molecule has 2 aliphatic rings. The second-order valence-electron chi connectivity index (χ2n) is 5.64. The maximum Gasteiger partial charge on any atom is 0.325 e. The quantitative estimate of drug-likeness (QED) is 0.654. The van der Waals surface area contributed by atoms with E-state index in [9.17, 15) is 9.59 Å². The highest BCUT2D eigenvalue weighted by Gasteiger charge is 2.34. The zero-order valence-electron chi connectivity index (χ0n) is 12.9. The third-order valence-corrected chi connectivity index (χ3v) is 3.82. The molecule has 0 saturated carbocycles. The number of rotatable bonds is 3. The lowest BCUT2D eigenvalue weighted by Gasteiger charge is -2.38. The number of nitrogens with zero attached hydrogens (tertiary/aromatic N) is 2. The fourth-order valence-corrected chi connectivity index (χ4v) is 2.84. The summed E-state index contributed by atoms with van der Waals surface area (Å²) in [5.74, 6) is -0.334. The van der Waals surface area contributed by atoms with Crippen LogP contribution in [0.4, 0.5) is 0 Å². The van der Waals surface area contributed by atoms with Gasteiger partial charge >= 0.3 is 5.97 Å². The van der Waals surface area contributed by atoms with Crippen LogP contribution in [0.1, 0.15) is 13.8 Å². The molecule has 2 saturated heterocycles. The Bertz CT molecular complexity index is 380. The van der Waals surface area contributed by atoms with Gasteiger partial charge in [-0.15, -0.1) is 0 Å². The maximum absolute atomic E-state index is 12.4. The van der Waals surface area contributed by atoms with Crippen LogP contribution in [-0.4, -0.2) is 86.4 Å². The van der Waals surface area contributed by atoms with Crippen LogP contribution in [0.25, 0.3) is 0 Å². The molecule has 2 aliphatic heterocycles. The Hall–Kier alpha value is -1.18. The highest BCUT2D eigenvalue weighted by molar-refractivity contribution is 5.81. The maximum atomic E-state index is 12.4. The van der Waals surface area contributed by atoms with Crippen LogP contribution in [0.5, 0.6) is 0 Å². The van der Waals surface area contributed by atoms with Crippen LogP contribution < -0.4 is 0 Å². The van der Waals surface area contributed by atoms with Gasteiger partial charge < -0.3 is 19.1 Å². The van der Waals surface area contributed by atoms with Crippen molar-refractivity contribution in [2.45, 2.75) is 32.1 Å². The first-order valence-corrected chi connectivity index (χ1v) is 7.34. The summed E-state index contributed by atoms with van der Waals surface area (Å²) < 4.78 is 15.7. The smallest absolute Gasteiger partial charge is 0.325 e. The van der Waals surface area contributed by atoms with E-state index < -0.39 is 6.04 Å². The molecule has 0 radical (unpaired) electrons. The third-order valence-electron chi connectivity index (χ3n) is 3.82. The average molecular weight is 300 g/mol. The van der Waals surface area contributed by atoms with Gasteiger partial charge in [-0.25, -0.2) is 0 Å². The van der Waals surface area contributed by atoms with E-state index in [-0.39, 0.29) is 37.2 Å². The van der Waals surface area contributed by atoms with E-state index in [1.807, 2.05) is 23.6 Å². The van der Waals surface area contributed by atoms with Gasteiger partial charge in [-0.1, -0.05) is 0 Å². The molecule has 2 heterocycles. The van der Waals surface area contributed by atoms with Gasteiger partial charge in [0.05, 0.1) is 39.1 Å². The topological polar surface area (TPSA) is 68.3 Å². The molecule has 0 spiro atoms. The van der Waals surface area contributed by atoms with Crippen molar-refractivity contribution in [3.63, 3.8) is 0 Å². The molecule has 0 bridgehead atoms. The van der Waals surface area contributed by atoms with Crippen LogP contribution in [0.3, 0.4) is 0 Å². The Balaban J connectivity index is 1.95. The van der Waals surface area contributed by atoms with E-state index >= 15 is 0 Å². The summed E-state index contributed by atoms with van der Waals surface area (Å²) in [4.78, 5) is 27.8. The Kier molecular flexibility index (Phi) is 5.55. The highest BCUT2D eigenvalue weighted by atomic mass is 16.5. The lowest BCUT2D eigenvalue weighted by molar-refractivity contribution is -0.157. The fourth-order valence-electron chi connectivity index (χ4n) is 2.84. The van der Waals surface area contributed by atoms with Gasteiger partial charge in [0.25, 0.3) is 0 Å². The van der Waals surface area contributed by atoms with Crippen LogP contribution in [0.2, 0.25) is 0 Å². The first-order valence-electron chi connectivity index (χ1n) is 7.34. The highest BCUT2D eigenvalue weighted by Crippen LogP contribution is 2.13. The number of ether oxygens (including phenoxy) is 3. The summed E-state index contributed by atoms with van der Waals surface area (Å²) in [7, 11) is 1.35. The zero-order chi connectivity index (χ0) is 15.4. The van der Waals surface area contributed by atoms with Gasteiger partial charge in [-0.3, -0.25) is 14.5 Å². The Morgan fingerprint density at radius 1 is 1.24 bits per heavy atom. The molecule has 0 N–H and O–H groups in total. The van der Waals surface area contributed by atoms with Crippen molar-refractivity contribution in [2.75, 3.05) is 46.5 Å². The number of hydrogen-bond donors (Lipinski definition) is 0. The molecular formula is C14H24N2O5. The standard InChI is InChI=1S/C14H24N2O5/c1-10-6-16(7-11(2)21-10)13(17)8-15-4-5-20-9-12(15)14(18)19-3/h10-12H,4-9H2,1-3H3. The zero-order valence-corrected chi connectivity index (χ0v) is 12.9. The van der Waals surface area contributed by atoms with E-state index in [2.05, 4.69) is 0 Å². The van der Waals surface area contributed by atoms with E-state index in [0.717, 1.165) is 0 Å². The van der Waals surface area contributed by atoms with Gasteiger partial charge in [-0.2, -0.15) is 0 Å². The van der Waals surface area contributed by atoms with Crippen LogP contribution >= 0.6 is 0 Å². The molecule has 0 aromatic heterocycles. The molecule has 3 atom stereocenters. The molecule has 1 amide bonds. The van der Waals surface area contributed by atoms with Crippen LogP contribution in [0, 0.1) is 0 Å². The van der Waals surface area contributed by atoms with Gasteiger partial charge in [0.15, 0.2) is 0 Å². The first kappa shape index (κ1) is 16.2. The van der Waals surface area contributed by atoms with Crippen LogP contribution in [-0.2, 0) is 23.8 Å². The van der Waals surface area contributed by atoms with Crippen molar-refractivity contribution in [1.82, 2.24) is 9.80 Å². The summed E-state index contributed by atoms with van der Waals surface area (Å²) >= 11 is 0. The summed E-state index contributed by atoms with van der Waals surface area (Å²) in [5, 5.41) is 0. The molecule has 0 aliphatic carbocycles. The summed E-state index contributed by atoms with van der Waals surface area (Å²) in [6.07, 6.45) is 0.0811. The minimum absolute atomic E-state index is 0.0211. The Morgan fingerprint density at radius 3 is 2.52 bits per heavy atom. The number of morpholine rings is 2. The van der Waals surface area contributed by atoms with Crippen molar-refractivity contribution >= 4 is 11.9 Å². The van der Waals surface area contributed by atoms with E-state index in [0.29, 0.717) is 26.2 Å². The Labute approximate surface area is 125 Å². The van der Waals surface area contributed by atoms with Crippen molar-refractivity contribution in [3.8, 4) is 0 Å². The number of hydrogen-bond acceptors (Lipinski definition) is 6. The second kappa shape index (κ2) is 7.20. The fraction of sp³-hybridized carbons (Fsp3) is 0.857. The molecule has 120 valence electrons. The summed E-state index contributed by atoms with van der Waals surface area (Å²) in [6, 6.07) is -0.497. The minimum atomic E-state index is -0.497. The average Bonchev–Trinajstić information content (AvgIpc) is 2.46. The summed E-state index contributed by atoms with van der Waals surface area (Å²) in [6.45, 7) is 6.67. The van der Waals surface area contributed by atoms with E-state index in [1.165, 1.54) is 7.11 Å². The third kappa shape index (κ3) is 4.15. The molecule has 21 heavy (non-hydrogen) atoms. The van der Waals surface area contributed by atoms with Crippen molar-refractivity contribution in [1.29, 1.82) is 0 Å². The molecule has 2 rings (SSSR count). The SMILES string of the molecule is COC(=O)C1COCCN1CC(=O)N1CC(C)OC(C)C1. The lowest BCUT2D eigenvalue weighted by Crippen LogP contribution is -2.56. The number of carbonyl (C=O) groups is 2. The lowest BCUT2D eigenvalue weighted by atomic mass is 10.2. The minimum Gasteiger partial charge on any atom is -0.468 e. The number of carbonyl (C=O) groups excluding carboxylic acids is 2. The second-order valence-corrected chi connectivity index (χ2v) is 5.64. The molecular weight excluding hydrogens is 276 g/mol. The van der Waals surface area contributed by atoms with Crippen molar-refractivity contribution < 1.29 is 23.8 Å². The molecule has 0 aromatic carbocycles. The van der Waals surface area contributed by atoms with Gasteiger partial charge in [-0.05, 0) is 13.8 Å². The molecule has 0 aromatic rings. The number of esters is 1. The molecule has 2 fully saturated rings. The summed E-state index contributed by atoms with van der Waals surface area (Å²) in [5.41, 5.74) is 0. The van der Waals surface area contributed by atoms with Gasteiger partial charge in [0, 0.05) is 19.6 Å². The predicted molar refractivity (Wildman–Crippen MR) is 74.8 cm³/mol. The molecule has 7 nitrogen and oxygen atoms in total. The van der Waals surface area contributed by atoms with Crippen molar-refractivity contribution in [3.05, 3.63) is 0 Å². The molecule has 7 heteroatoms. The van der Waals surface area contributed by atoms with Gasteiger partial charge in [0.2, 0.25) is 5.91 Å². The van der Waals surface area contributed by atoms with Gasteiger partial charge in [0.1, 0.15) is 6.04 Å². The molecule has 3 unspecified atom stereocenters. The normalized spacial score (nSPS) is 31.0. The van der Waals surface area contributed by atoms with Crippen LogP contribution in [0.15, 0.2) is 0 Å². The first-order chi connectivity index (χ1) is 10.0. The van der Waals surface area contributed by atoms with E-state index in [4.69, 9.17) is 14.2 Å². The predicted octanol–water partition coefficient (Wildman–Crippen LogP) is -0.504. The number of methoxy groups -OCH3 is 1. The van der Waals surface area contributed by atoms with Crippen molar-refractivity contribution in [2.24, 2.45) is 0 Å². The largest absolute Gasteiger partial charge is 0.468 e.